The molecule has 0 fully saturated rings. The van der Waals surface area contributed by atoms with Crippen LogP contribution < -0.4 is 15.8 Å². The number of benzene rings is 2. The minimum atomic E-state index is 0.631. The van der Waals surface area contributed by atoms with Gasteiger partial charge >= 0.3 is 0 Å². The molecule has 0 heterocycles. The van der Waals surface area contributed by atoms with Gasteiger partial charge in [-0.15, -0.1) is 0 Å². The normalized spacial score (nSPS) is 10.3. The zero-order chi connectivity index (χ0) is 13.8. The summed E-state index contributed by atoms with van der Waals surface area (Å²) in [6, 6.07) is 12.0. The maximum absolute atomic E-state index is 5.89. The van der Waals surface area contributed by atoms with Gasteiger partial charge in [0.1, 0.15) is 5.75 Å². The van der Waals surface area contributed by atoms with Gasteiger partial charge in [-0.1, -0.05) is 17.7 Å². The van der Waals surface area contributed by atoms with Crippen molar-refractivity contribution in [2.24, 2.45) is 0 Å². The number of ether oxygens (including phenoxy) is 1. The fraction of sp³-hybridized carbons (Fsp3) is 0.250. The van der Waals surface area contributed by atoms with E-state index < -0.39 is 0 Å². The number of nitrogens with one attached hydrogen (secondary N) is 1. The van der Waals surface area contributed by atoms with E-state index in [-0.39, 0.29) is 0 Å². The SMILES string of the molecule is CCOc1cc(N)cc(Nc2ccc(C)cc2C)c1. The van der Waals surface area contributed by atoms with Gasteiger partial charge in [0.25, 0.3) is 0 Å². The molecule has 2 aromatic rings. The number of aryl methyl sites for hydroxylation is 2. The van der Waals surface area contributed by atoms with Crippen molar-refractivity contribution < 1.29 is 4.74 Å². The van der Waals surface area contributed by atoms with Crippen molar-refractivity contribution in [3.63, 3.8) is 0 Å². The third kappa shape index (κ3) is 3.41. The molecule has 0 aliphatic rings. The lowest BCUT2D eigenvalue weighted by atomic mass is 10.1. The number of nitrogens with two attached hydrogens (primary N) is 1. The Bertz CT molecular complexity index is 579. The lowest BCUT2D eigenvalue weighted by Crippen LogP contribution is -1.98. The quantitative estimate of drug-likeness (QED) is 0.812. The molecule has 3 nitrogen and oxygen atoms in total. The van der Waals surface area contributed by atoms with Crippen molar-refractivity contribution in [2.75, 3.05) is 17.7 Å². The Morgan fingerprint density at radius 1 is 1.11 bits per heavy atom. The van der Waals surface area contributed by atoms with E-state index in [1.165, 1.54) is 11.1 Å². The van der Waals surface area contributed by atoms with Gasteiger partial charge in [0.15, 0.2) is 0 Å². The van der Waals surface area contributed by atoms with Gasteiger partial charge in [-0.25, -0.2) is 0 Å². The van der Waals surface area contributed by atoms with E-state index in [1.54, 1.807) is 0 Å². The van der Waals surface area contributed by atoms with Crippen molar-refractivity contribution in [3.05, 3.63) is 47.5 Å². The lowest BCUT2D eigenvalue weighted by molar-refractivity contribution is 0.340. The Kier molecular flexibility index (Phi) is 3.95. The van der Waals surface area contributed by atoms with Crippen LogP contribution in [-0.2, 0) is 0 Å². The molecule has 19 heavy (non-hydrogen) atoms. The first-order valence-corrected chi connectivity index (χ1v) is 6.46. The predicted octanol–water partition coefficient (Wildman–Crippen LogP) is 4.03. The summed E-state index contributed by atoms with van der Waals surface area (Å²) in [5.74, 6) is 0.787. The van der Waals surface area contributed by atoms with Crippen LogP contribution in [0.3, 0.4) is 0 Å². The molecule has 0 radical (unpaired) electrons. The zero-order valence-corrected chi connectivity index (χ0v) is 11.7. The van der Waals surface area contributed by atoms with E-state index in [9.17, 15) is 0 Å². The molecule has 3 N–H and O–H groups in total. The summed E-state index contributed by atoms with van der Waals surface area (Å²) in [5, 5.41) is 3.38. The molecule has 0 aliphatic carbocycles. The number of hydrogen-bond donors (Lipinski definition) is 2. The first kappa shape index (κ1) is 13.3. The predicted molar refractivity (Wildman–Crippen MR) is 81.2 cm³/mol. The molecule has 0 amide bonds. The molecule has 0 bridgehead atoms. The summed E-state index contributed by atoms with van der Waals surface area (Å²) in [7, 11) is 0. The lowest BCUT2D eigenvalue weighted by Gasteiger charge is -2.12. The molecule has 0 aliphatic heterocycles. The molecule has 0 unspecified atom stereocenters. The van der Waals surface area contributed by atoms with Crippen LogP contribution in [0.5, 0.6) is 5.75 Å². The summed E-state index contributed by atoms with van der Waals surface area (Å²) in [6.45, 7) is 6.77. The molecule has 0 atom stereocenters. The Balaban J connectivity index is 2.27. The van der Waals surface area contributed by atoms with Crippen molar-refractivity contribution in [1.82, 2.24) is 0 Å². The van der Waals surface area contributed by atoms with Crippen LogP contribution in [0.15, 0.2) is 36.4 Å². The third-order valence-electron chi connectivity index (χ3n) is 2.90. The van der Waals surface area contributed by atoms with Gasteiger partial charge < -0.3 is 15.8 Å². The summed E-state index contributed by atoms with van der Waals surface area (Å²) < 4.78 is 5.49. The van der Waals surface area contributed by atoms with Crippen molar-refractivity contribution in [1.29, 1.82) is 0 Å². The van der Waals surface area contributed by atoms with E-state index in [2.05, 4.69) is 37.4 Å². The molecular formula is C16H20N2O. The standard InChI is InChI=1S/C16H20N2O/c1-4-19-15-9-13(17)8-14(10-15)18-16-6-5-11(2)7-12(16)3/h5-10,18H,4,17H2,1-3H3. The second-order valence-electron chi connectivity index (χ2n) is 4.67. The van der Waals surface area contributed by atoms with Crippen LogP contribution in [0, 0.1) is 13.8 Å². The first-order valence-electron chi connectivity index (χ1n) is 6.46. The van der Waals surface area contributed by atoms with Gasteiger partial charge in [-0.05, 0) is 38.5 Å². The second-order valence-corrected chi connectivity index (χ2v) is 4.67. The van der Waals surface area contributed by atoms with E-state index in [0.717, 1.165) is 17.1 Å². The fourth-order valence-electron chi connectivity index (χ4n) is 2.05. The van der Waals surface area contributed by atoms with Crippen LogP contribution in [0.1, 0.15) is 18.1 Å². The van der Waals surface area contributed by atoms with E-state index in [1.807, 2.05) is 25.1 Å². The fourth-order valence-corrected chi connectivity index (χ4v) is 2.05. The first-order chi connectivity index (χ1) is 9.08. The number of anilines is 3. The number of rotatable bonds is 4. The Labute approximate surface area is 114 Å². The highest BCUT2D eigenvalue weighted by Crippen LogP contribution is 2.27. The maximum Gasteiger partial charge on any atom is 0.123 e. The molecule has 0 saturated carbocycles. The van der Waals surface area contributed by atoms with Gasteiger partial charge in [-0.3, -0.25) is 0 Å². The van der Waals surface area contributed by atoms with Crippen LogP contribution >= 0.6 is 0 Å². The van der Waals surface area contributed by atoms with Gasteiger partial charge in [0.2, 0.25) is 0 Å². The largest absolute Gasteiger partial charge is 0.494 e. The molecule has 2 aromatic carbocycles. The smallest absolute Gasteiger partial charge is 0.123 e. The van der Waals surface area contributed by atoms with E-state index in [4.69, 9.17) is 10.5 Å². The monoisotopic (exact) mass is 256 g/mol. The molecular weight excluding hydrogens is 236 g/mol. The maximum atomic E-state index is 5.89. The van der Waals surface area contributed by atoms with Crippen molar-refractivity contribution in [2.45, 2.75) is 20.8 Å². The summed E-state index contributed by atoms with van der Waals surface area (Å²) in [4.78, 5) is 0. The second kappa shape index (κ2) is 5.65. The summed E-state index contributed by atoms with van der Waals surface area (Å²) in [5.41, 5.74) is 11.1. The summed E-state index contributed by atoms with van der Waals surface area (Å²) in [6.07, 6.45) is 0. The van der Waals surface area contributed by atoms with Crippen LogP contribution in [-0.4, -0.2) is 6.61 Å². The van der Waals surface area contributed by atoms with Gasteiger partial charge in [-0.2, -0.15) is 0 Å². The Morgan fingerprint density at radius 3 is 2.58 bits per heavy atom. The Hall–Kier alpha value is -2.16. The highest BCUT2D eigenvalue weighted by molar-refractivity contribution is 5.68. The van der Waals surface area contributed by atoms with Crippen LogP contribution in [0.25, 0.3) is 0 Å². The highest BCUT2D eigenvalue weighted by Gasteiger charge is 2.03. The van der Waals surface area contributed by atoms with Crippen LogP contribution in [0.2, 0.25) is 0 Å². The molecule has 0 saturated heterocycles. The topological polar surface area (TPSA) is 47.3 Å². The molecule has 3 heteroatoms. The molecule has 0 aromatic heterocycles. The third-order valence-corrected chi connectivity index (χ3v) is 2.90. The average molecular weight is 256 g/mol. The average Bonchev–Trinajstić information content (AvgIpc) is 2.32. The number of nitrogen functional groups attached to an aromatic ring is 1. The van der Waals surface area contributed by atoms with Gasteiger partial charge in [0.05, 0.1) is 6.61 Å². The van der Waals surface area contributed by atoms with Crippen molar-refractivity contribution in [3.8, 4) is 5.75 Å². The molecule has 2 rings (SSSR count). The van der Waals surface area contributed by atoms with Gasteiger partial charge in [0, 0.05) is 29.2 Å². The number of hydrogen-bond acceptors (Lipinski definition) is 3. The van der Waals surface area contributed by atoms with Crippen molar-refractivity contribution >= 4 is 17.1 Å². The van der Waals surface area contributed by atoms with Crippen LogP contribution in [0.4, 0.5) is 17.1 Å². The van der Waals surface area contributed by atoms with E-state index in [0.29, 0.717) is 12.3 Å². The molecule has 100 valence electrons. The Morgan fingerprint density at radius 2 is 1.89 bits per heavy atom. The zero-order valence-electron chi connectivity index (χ0n) is 11.7. The highest BCUT2D eigenvalue weighted by atomic mass is 16.5. The molecule has 0 spiro atoms. The minimum absolute atomic E-state index is 0.631. The van der Waals surface area contributed by atoms with E-state index >= 15 is 0 Å². The minimum Gasteiger partial charge on any atom is -0.494 e. The summed E-state index contributed by atoms with van der Waals surface area (Å²) >= 11 is 0.